The molecule has 0 spiro atoms. The summed E-state index contributed by atoms with van der Waals surface area (Å²) in [5, 5.41) is 12.7. The lowest BCUT2D eigenvalue weighted by atomic mass is 10.1. The molecule has 2 aromatic carbocycles. The van der Waals surface area contributed by atoms with E-state index in [4.69, 9.17) is 15.9 Å². The number of ketones is 1. The van der Waals surface area contributed by atoms with E-state index < -0.39 is 17.7 Å². The number of nitrogens with two attached hydrogens (primary N) is 1. The average Bonchev–Trinajstić information content (AvgIpc) is 3.34. The monoisotopic (exact) mass is 501 g/mol. The summed E-state index contributed by atoms with van der Waals surface area (Å²) in [6.45, 7) is 1.59. The molecular weight excluding hydrogens is 474 g/mol. The van der Waals surface area contributed by atoms with E-state index in [-0.39, 0.29) is 41.9 Å². The predicted molar refractivity (Wildman–Crippen MR) is 138 cm³/mol. The molecular formula is C27H27N5O5. The van der Waals surface area contributed by atoms with Crippen LogP contribution in [0.2, 0.25) is 0 Å². The number of benzene rings is 2. The SMILES string of the molecule is CC(=O)c1cc(NC(=O)OCc2ccccc2)c(=O)n2c1CCC2C(=O)NCc1ccc(C(=N)N)cc1. The van der Waals surface area contributed by atoms with Gasteiger partial charge in [-0.3, -0.25) is 29.7 Å². The summed E-state index contributed by atoms with van der Waals surface area (Å²) in [4.78, 5) is 51.1. The van der Waals surface area contributed by atoms with Gasteiger partial charge in [0.15, 0.2) is 5.78 Å². The number of hydrogen-bond acceptors (Lipinski definition) is 6. The molecule has 0 saturated carbocycles. The number of nitrogens with zero attached hydrogens (tertiary/aromatic N) is 1. The van der Waals surface area contributed by atoms with Crippen LogP contribution in [0.25, 0.3) is 0 Å². The lowest BCUT2D eigenvalue weighted by Crippen LogP contribution is -2.37. The first-order valence-corrected chi connectivity index (χ1v) is 11.7. The molecule has 5 N–H and O–H groups in total. The van der Waals surface area contributed by atoms with Gasteiger partial charge in [-0.25, -0.2) is 4.79 Å². The molecule has 4 rings (SSSR count). The first-order valence-electron chi connectivity index (χ1n) is 11.7. The van der Waals surface area contributed by atoms with Gasteiger partial charge in [0.2, 0.25) is 5.91 Å². The maximum absolute atomic E-state index is 13.3. The van der Waals surface area contributed by atoms with Crippen molar-refractivity contribution in [3.63, 3.8) is 0 Å². The molecule has 10 heteroatoms. The second-order valence-electron chi connectivity index (χ2n) is 8.72. The van der Waals surface area contributed by atoms with Crippen molar-refractivity contribution in [2.24, 2.45) is 5.73 Å². The first-order chi connectivity index (χ1) is 17.7. The van der Waals surface area contributed by atoms with Crippen LogP contribution in [0.4, 0.5) is 10.5 Å². The smallest absolute Gasteiger partial charge is 0.412 e. The normalized spacial score (nSPS) is 13.9. The Morgan fingerprint density at radius 2 is 1.78 bits per heavy atom. The van der Waals surface area contributed by atoms with Gasteiger partial charge in [-0.15, -0.1) is 0 Å². The standard InChI is InChI=1S/C27H27N5O5/c1-16(33)20-13-21(31-27(36)37-15-18-5-3-2-4-6-18)26(35)32-22(20)11-12-23(32)25(34)30-14-17-7-9-19(10-8-17)24(28)29/h2-10,13,23H,11-12,14-15H2,1H3,(H3,28,29)(H,30,34)(H,31,36). The molecule has 0 fully saturated rings. The maximum Gasteiger partial charge on any atom is 0.412 e. The van der Waals surface area contributed by atoms with E-state index in [0.29, 0.717) is 24.1 Å². The fourth-order valence-corrected chi connectivity index (χ4v) is 4.28. The number of Topliss-reactive ketones (excluding diaryl/α,β-unsaturated/α-hetero) is 1. The zero-order valence-electron chi connectivity index (χ0n) is 20.2. The number of hydrogen-bond donors (Lipinski definition) is 4. The van der Waals surface area contributed by atoms with E-state index in [1.807, 2.05) is 18.2 Å². The number of rotatable bonds is 8. The molecule has 1 aliphatic heterocycles. The van der Waals surface area contributed by atoms with Crippen LogP contribution in [-0.2, 0) is 29.1 Å². The van der Waals surface area contributed by atoms with Gasteiger partial charge in [0.1, 0.15) is 24.2 Å². The molecule has 2 amide bonds. The lowest BCUT2D eigenvalue weighted by molar-refractivity contribution is -0.124. The predicted octanol–water partition coefficient (Wildman–Crippen LogP) is 2.89. The second-order valence-corrected chi connectivity index (χ2v) is 8.72. The van der Waals surface area contributed by atoms with Crippen molar-refractivity contribution < 1.29 is 19.1 Å². The van der Waals surface area contributed by atoms with Gasteiger partial charge in [-0.1, -0.05) is 54.6 Å². The number of anilines is 1. The number of ether oxygens (including phenoxy) is 1. The van der Waals surface area contributed by atoms with Crippen molar-refractivity contribution in [1.82, 2.24) is 9.88 Å². The highest BCUT2D eigenvalue weighted by atomic mass is 16.5. The highest BCUT2D eigenvalue weighted by molar-refractivity contribution is 5.97. The van der Waals surface area contributed by atoms with Gasteiger partial charge in [0, 0.05) is 23.4 Å². The highest BCUT2D eigenvalue weighted by Crippen LogP contribution is 2.28. The van der Waals surface area contributed by atoms with Gasteiger partial charge in [0.25, 0.3) is 5.56 Å². The summed E-state index contributed by atoms with van der Waals surface area (Å²) in [7, 11) is 0. The number of amidine groups is 1. The minimum Gasteiger partial charge on any atom is -0.444 e. The van der Waals surface area contributed by atoms with Crippen molar-refractivity contribution in [3.8, 4) is 0 Å². The van der Waals surface area contributed by atoms with Crippen molar-refractivity contribution >= 4 is 29.3 Å². The molecule has 0 saturated heterocycles. The van der Waals surface area contributed by atoms with Crippen LogP contribution in [0.15, 0.2) is 65.5 Å². The van der Waals surface area contributed by atoms with Crippen LogP contribution in [-0.4, -0.2) is 28.2 Å². The number of nitrogen functional groups attached to an aromatic ring is 1. The van der Waals surface area contributed by atoms with Crippen LogP contribution >= 0.6 is 0 Å². The quantitative estimate of drug-likeness (QED) is 0.211. The van der Waals surface area contributed by atoms with Gasteiger partial charge >= 0.3 is 6.09 Å². The molecule has 1 atom stereocenters. The van der Waals surface area contributed by atoms with Gasteiger partial charge in [-0.05, 0) is 37.0 Å². The molecule has 37 heavy (non-hydrogen) atoms. The summed E-state index contributed by atoms with van der Waals surface area (Å²) in [6, 6.07) is 16.5. The number of pyridine rings is 1. The Morgan fingerprint density at radius 3 is 2.43 bits per heavy atom. The van der Waals surface area contributed by atoms with Crippen molar-refractivity contribution in [1.29, 1.82) is 5.41 Å². The minimum absolute atomic E-state index is 0.0109. The first kappa shape index (κ1) is 25.4. The minimum atomic E-state index is -0.844. The molecule has 3 aromatic rings. The molecule has 1 unspecified atom stereocenters. The maximum atomic E-state index is 13.3. The molecule has 10 nitrogen and oxygen atoms in total. The van der Waals surface area contributed by atoms with Crippen LogP contribution in [0.5, 0.6) is 0 Å². The number of carbonyl (C=O) groups excluding carboxylic acids is 3. The summed E-state index contributed by atoms with van der Waals surface area (Å²) < 4.78 is 6.50. The largest absolute Gasteiger partial charge is 0.444 e. The van der Waals surface area contributed by atoms with Gasteiger partial charge in [0.05, 0.1) is 0 Å². The fraction of sp³-hybridized carbons (Fsp3) is 0.222. The topological polar surface area (TPSA) is 156 Å². The summed E-state index contributed by atoms with van der Waals surface area (Å²) in [6.07, 6.45) is -0.134. The molecule has 0 bridgehead atoms. The Kier molecular flexibility index (Phi) is 7.47. The Bertz CT molecular complexity index is 1410. The second kappa shape index (κ2) is 10.9. The average molecular weight is 502 g/mol. The van der Waals surface area contributed by atoms with Crippen LogP contribution in [0.3, 0.4) is 0 Å². The fourth-order valence-electron chi connectivity index (χ4n) is 4.28. The van der Waals surface area contributed by atoms with E-state index in [0.717, 1.165) is 11.1 Å². The van der Waals surface area contributed by atoms with E-state index in [9.17, 15) is 19.2 Å². The van der Waals surface area contributed by atoms with Crippen LogP contribution in [0, 0.1) is 5.41 Å². The van der Waals surface area contributed by atoms with E-state index in [2.05, 4.69) is 10.6 Å². The van der Waals surface area contributed by atoms with E-state index in [1.165, 1.54) is 17.6 Å². The van der Waals surface area contributed by atoms with Gasteiger partial charge in [-0.2, -0.15) is 0 Å². The zero-order chi connectivity index (χ0) is 26.5. The summed E-state index contributed by atoms with van der Waals surface area (Å²) >= 11 is 0. The summed E-state index contributed by atoms with van der Waals surface area (Å²) in [5.41, 5.74) is 7.64. The van der Waals surface area contributed by atoms with Crippen molar-refractivity contribution in [2.45, 2.75) is 39.0 Å². The molecule has 190 valence electrons. The number of amides is 2. The van der Waals surface area contributed by atoms with Crippen LogP contribution in [0.1, 0.15) is 52.1 Å². The number of aromatic nitrogens is 1. The number of carbonyl (C=O) groups is 3. The molecule has 1 aliphatic rings. The third-order valence-electron chi connectivity index (χ3n) is 6.17. The molecule has 0 radical (unpaired) electrons. The molecule has 1 aromatic heterocycles. The summed E-state index contributed by atoms with van der Waals surface area (Å²) in [5.74, 6) is -0.710. The Labute approximate surface area is 213 Å². The highest BCUT2D eigenvalue weighted by Gasteiger charge is 2.33. The Hall–Kier alpha value is -4.73. The molecule has 0 aliphatic carbocycles. The lowest BCUT2D eigenvalue weighted by Gasteiger charge is -2.18. The third-order valence-corrected chi connectivity index (χ3v) is 6.17. The van der Waals surface area contributed by atoms with E-state index >= 15 is 0 Å². The van der Waals surface area contributed by atoms with E-state index in [1.54, 1.807) is 36.4 Å². The Balaban J connectivity index is 1.51. The Morgan fingerprint density at radius 1 is 1.08 bits per heavy atom. The molecule has 2 heterocycles. The number of fused-ring (bicyclic) bond motifs is 1. The van der Waals surface area contributed by atoms with Crippen molar-refractivity contribution in [3.05, 3.63) is 99.0 Å². The zero-order valence-corrected chi connectivity index (χ0v) is 20.2. The van der Waals surface area contributed by atoms with Gasteiger partial charge < -0.3 is 15.8 Å². The van der Waals surface area contributed by atoms with Crippen molar-refractivity contribution in [2.75, 3.05) is 5.32 Å². The number of nitrogens with one attached hydrogen (secondary N) is 3. The van der Waals surface area contributed by atoms with Crippen LogP contribution < -0.4 is 21.9 Å². The third kappa shape index (κ3) is 5.75.